The van der Waals surface area contributed by atoms with Crippen molar-refractivity contribution in [3.05, 3.63) is 47.2 Å². The summed E-state index contributed by atoms with van der Waals surface area (Å²) in [5, 5.41) is 3.67. The monoisotopic (exact) mass is 452 g/mol. The van der Waals surface area contributed by atoms with E-state index < -0.39 is 0 Å². The van der Waals surface area contributed by atoms with Crippen LogP contribution in [-0.2, 0) is 4.79 Å². The van der Waals surface area contributed by atoms with Crippen LogP contribution in [0.2, 0.25) is 0 Å². The molecule has 0 bridgehead atoms. The van der Waals surface area contributed by atoms with Crippen LogP contribution >= 0.6 is 11.8 Å². The number of nitrogens with zero attached hydrogens (tertiary/aromatic N) is 3. The lowest BCUT2D eigenvalue weighted by Gasteiger charge is -2.23. The Hall–Kier alpha value is -2.87. The number of likely N-dealkylation sites (tertiary alicyclic amines) is 1. The highest BCUT2D eigenvalue weighted by Gasteiger charge is 2.25. The van der Waals surface area contributed by atoms with Crippen LogP contribution in [0.5, 0.6) is 0 Å². The molecule has 3 aromatic rings. The average molecular weight is 453 g/mol. The van der Waals surface area contributed by atoms with Crippen molar-refractivity contribution < 1.29 is 14.0 Å². The van der Waals surface area contributed by atoms with Crippen molar-refractivity contribution in [2.24, 2.45) is 0 Å². The van der Waals surface area contributed by atoms with Gasteiger partial charge in [-0.05, 0) is 45.7 Å². The highest BCUT2D eigenvalue weighted by Crippen LogP contribution is 2.32. The van der Waals surface area contributed by atoms with Crippen LogP contribution in [0.3, 0.4) is 0 Å². The van der Waals surface area contributed by atoms with E-state index in [0.717, 1.165) is 37.3 Å². The van der Waals surface area contributed by atoms with Gasteiger partial charge in [-0.25, -0.2) is 4.98 Å². The smallest absolute Gasteiger partial charge is 0.256 e. The molecule has 0 aliphatic carbocycles. The number of carbonyl (C=O) groups excluding carboxylic acids is 2. The van der Waals surface area contributed by atoms with Crippen molar-refractivity contribution >= 4 is 40.5 Å². The molecule has 4 rings (SSSR count). The maximum absolute atomic E-state index is 13.0. The van der Waals surface area contributed by atoms with E-state index in [4.69, 9.17) is 4.42 Å². The quantitative estimate of drug-likeness (QED) is 0.434. The van der Waals surface area contributed by atoms with Gasteiger partial charge in [-0.3, -0.25) is 9.59 Å². The molecule has 0 saturated carbocycles. The molecule has 1 aliphatic rings. The molecule has 0 spiro atoms. The molecule has 3 heterocycles. The Bertz CT molecular complexity index is 1120. The zero-order chi connectivity index (χ0) is 22.7. The third-order valence-corrected chi connectivity index (χ3v) is 6.77. The Balaban J connectivity index is 1.61. The third-order valence-electron chi connectivity index (χ3n) is 5.82. The number of rotatable bonds is 5. The normalized spacial score (nSPS) is 15.4. The van der Waals surface area contributed by atoms with Crippen LogP contribution in [0.1, 0.15) is 54.3 Å². The molecule has 1 N–H and O–H groups in total. The van der Waals surface area contributed by atoms with Crippen LogP contribution in [0.4, 0.5) is 5.82 Å². The van der Waals surface area contributed by atoms with Crippen molar-refractivity contribution in [1.29, 1.82) is 0 Å². The second-order valence-electron chi connectivity index (χ2n) is 8.14. The molecule has 8 heteroatoms. The van der Waals surface area contributed by atoms with E-state index >= 15 is 0 Å². The van der Waals surface area contributed by atoms with Gasteiger partial charge >= 0.3 is 0 Å². The van der Waals surface area contributed by atoms with E-state index in [2.05, 4.69) is 15.3 Å². The van der Waals surface area contributed by atoms with Crippen molar-refractivity contribution in [2.45, 2.75) is 56.9 Å². The summed E-state index contributed by atoms with van der Waals surface area (Å²) >= 11 is 1.29. The van der Waals surface area contributed by atoms with Gasteiger partial charge in [0.05, 0.1) is 10.6 Å². The molecule has 7 nitrogen and oxygen atoms in total. The van der Waals surface area contributed by atoms with Gasteiger partial charge in [-0.15, -0.1) is 0 Å². The Morgan fingerprint density at radius 3 is 2.44 bits per heavy atom. The van der Waals surface area contributed by atoms with Crippen LogP contribution in [0.15, 0.2) is 39.9 Å². The topological polar surface area (TPSA) is 88.3 Å². The van der Waals surface area contributed by atoms with Gasteiger partial charge in [0.25, 0.3) is 5.91 Å². The fourth-order valence-corrected chi connectivity index (χ4v) is 4.74. The predicted octanol–water partition coefficient (Wildman–Crippen LogP) is 4.98. The average Bonchev–Trinajstić information content (AvgIpc) is 2.96. The molecule has 1 atom stereocenters. The molecule has 2 aromatic heterocycles. The number of carbonyl (C=O) groups is 2. The first-order chi connectivity index (χ1) is 15.4. The second kappa shape index (κ2) is 9.73. The summed E-state index contributed by atoms with van der Waals surface area (Å²) in [7, 11) is 0. The van der Waals surface area contributed by atoms with Crippen LogP contribution in [-0.4, -0.2) is 45.0 Å². The highest BCUT2D eigenvalue weighted by molar-refractivity contribution is 8.00. The first-order valence-electron chi connectivity index (χ1n) is 11.0. The fourth-order valence-electron chi connectivity index (χ4n) is 3.90. The molecule has 2 amide bonds. The Morgan fingerprint density at radius 1 is 1.06 bits per heavy atom. The van der Waals surface area contributed by atoms with E-state index in [9.17, 15) is 9.59 Å². The number of nitrogens with one attached hydrogen (secondary N) is 1. The molecule has 0 radical (unpaired) electrons. The number of amides is 2. The zero-order valence-corrected chi connectivity index (χ0v) is 19.5. The van der Waals surface area contributed by atoms with Crippen molar-refractivity contribution in [2.75, 3.05) is 18.4 Å². The number of anilines is 1. The van der Waals surface area contributed by atoms with Crippen molar-refractivity contribution in [1.82, 2.24) is 14.9 Å². The Morgan fingerprint density at radius 2 is 1.75 bits per heavy atom. The molecule has 168 valence electrons. The number of aromatic nitrogens is 2. The summed E-state index contributed by atoms with van der Waals surface area (Å²) in [6.45, 7) is 7.27. The molecule has 1 unspecified atom stereocenters. The number of thioether (sulfide) groups is 1. The van der Waals surface area contributed by atoms with Crippen LogP contribution < -0.4 is 5.32 Å². The summed E-state index contributed by atoms with van der Waals surface area (Å²) in [4.78, 5) is 36.9. The lowest BCUT2D eigenvalue weighted by molar-refractivity contribution is -0.130. The Labute approximate surface area is 192 Å². The maximum atomic E-state index is 13.0. The van der Waals surface area contributed by atoms with E-state index in [0.29, 0.717) is 27.6 Å². The lowest BCUT2D eigenvalue weighted by atomic mass is 10.2. The molecular weight excluding hydrogens is 424 g/mol. The lowest BCUT2D eigenvalue weighted by Crippen LogP contribution is -2.37. The first-order valence-corrected chi connectivity index (χ1v) is 11.9. The number of hydrogen-bond acceptors (Lipinski definition) is 6. The van der Waals surface area contributed by atoms with Gasteiger partial charge in [0.1, 0.15) is 11.6 Å². The van der Waals surface area contributed by atoms with E-state index in [-0.39, 0.29) is 17.1 Å². The molecule has 1 saturated heterocycles. The Kier molecular flexibility index (Phi) is 6.79. The van der Waals surface area contributed by atoms with Gasteiger partial charge in [-0.1, -0.05) is 42.8 Å². The first kappa shape index (κ1) is 22.3. The minimum atomic E-state index is -0.333. The van der Waals surface area contributed by atoms with E-state index in [1.807, 2.05) is 43.9 Å². The van der Waals surface area contributed by atoms with E-state index in [1.165, 1.54) is 24.6 Å². The maximum Gasteiger partial charge on any atom is 0.256 e. The summed E-state index contributed by atoms with van der Waals surface area (Å²) < 4.78 is 5.83. The van der Waals surface area contributed by atoms with Crippen LogP contribution in [0, 0.1) is 13.8 Å². The fraction of sp³-hybridized carbons (Fsp3) is 0.417. The largest absolute Gasteiger partial charge is 0.443 e. The second-order valence-corrected chi connectivity index (χ2v) is 9.45. The number of aryl methyl sites for hydroxylation is 2. The molecule has 1 aliphatic heterocycles. The van der Waals surface area contributed by atoms with Gasteiger partial charge < -0.3 is 14.6 Å². The molecule has 1 fully saturated rings. The molecule has 1 aromatic carbocycles. The summed E-state index contributed by atoms with van der Waals surface area (Å²) in [6.07, 6.45) is 4.44. The van der Waals surface area contributed by atoms with Crippen molar-refractivity contribution in [3.8, 4) is 0 Å². The van der Waals surface area contributed by atoms with Crippen molar-refractivity contribution in [3.63, 3.8) is 0 Å². The summed E-state index contributed by atoms with van der Waals surface area (Å²) in [5.74, 6) is 0.964. The van der Waals surface area contributed by atoms with Crippen LogP contribution in [0.25, 0.3) is 11.1 Å². The number of benzene rings is 1. The summed E-state index contributed by atoms with van der Waals surface area (Å²) in [5.41, 5.74) is 1.83. The minimum absolute atomic E-state index is 0.0993. The molecule has 32 heavy (non-hydrogen) atoms. The number of hydrogen-bond donors (Lipinski definition) is 1. The molecular formula is C24H28N4O3S. The highest BCUT2D eigenvalue weighted by atomic mass is 32.2. The van der Waals surface area contributed by atoms with E-state index in [1.54, 1.807) is 12.1 Å². The number of furan rings is 1. The van der Waals surface area contributed by atoms with Gasteiger partial charge in [0.2, 0.25) is 11.6 Å². The zero-order valence-electron chi connectivity index (χ0n) is 18.7. The van der Waals surface area contributed by atoms with Gasteiger partial charge in [-0.2, -0.15) is 4.98 Å². The van der Waals surface area contributed by atoms with Gasteiger partial charge in [0, 0.05) is 24.2 Å². The predicted molar refractivity (Wildman–Crippen MR) is 126 cm³/mol. The number of fused-ring (bicyclic) bond motifs is 1. The standard InChI is InChI=1S/C24H28N4O3S/c1-15-16(2)31-22-19(15)20(25-21(29)18-11-7-6-8-12-18)26-24(27-22)32-17(3)23(30)28-13-9-4-5-10-14-28/h6-8,11-12,17H,4-5,9-10,13-14H2,1-3H3,(H,25,26,27,29). The van der Waals surface area contributed by atoms with Gasteiger partial charge in [0.15, 0.2) is 5.16 Å². The minimum Gasteiger partial charge on any atom is -0.443 e. The summed E-state index contributed by atoms with van der Waals surface area (Å²) in [6, 6.07) is 8.99. The SMILES string of the molecule is Cc1oc2nc(SC(C)C(=O)N3CCCCCC3)nc(NC(=O)c3ccccc3)c2c1C. The third kappa shape index (κ3) is 4.80.